The second-order valence-corrected chi connectivity index (χ2v) is 2.21. The summed E-state index contributed by atoms with van der Waals surface area (Å²) in [6, 6.07) is 0. The molecule has 9 heavy (non-hydrogen) atoms. The molecule has 1 aromatic rings. The number of nitrogens with zero attached hydrogens (tertiary/aromatic N) is 2. The summed E-state index contributed by atoms with van der Waals surface area (Å²) in [4.78, 5) is 17.4. The third-order valence-electron chi connectivity index (χ3n) is 0.670. The van der Waals surface area contributed by atoms with Gasteiger partial charge in [0, 0.05) is 6.20 Å². The summed E-state index contributed by atoms with van der Waals surface area (Å²) in [5.41, 5.74) is 0.451. The van der Waals surface area contributed by atoms with Crippen LogP contribution in [-0.2, 0) is 0 Å². The summed E-state index contributed by atoms with van der Waals surface area (Å²) < 4.78 is 0. The van der Waals surface area contributed by atoms with Crippen LogP contribution in [0.1, 0.15) is 0 Å². The molecule has 0 atom stereocenters. The molecule has 1 aromatic heterocycles. The maximum absolute atomic E-state index is 9.49. The van der Waals surface area contributed by atoms with Crippen molar-refractivity contribution in [3.63, 3.8) is 0 Å². The molecule has 0 saturated heterocycles. The largest absolute Gasteiger partial charge is 0.317 e. The molecule has 0 bridgehead atoms. The third-order valence-corrected chi connectivity index (χ3v) is 1.40. The van der Waals surface area contributed by atoms with E-state index in [1.165, 1.54) is 6.20 Å². The molecule has 1 heterocycles. The predicted octanol–water partition coefficient (Wildman–Crippen LogP) is 1.72. The molecule has 0 aliphatic rings. The first-order chi connectivity index (χ1) is 4.43. The maximum Gasteiger partial charge on any atom is 0.205 e. The van der Waals surface area contributed by atoms with Crippen molar-refractivity contribution in [2.75, 3.05) is 0 Å². The normalized spacial score (nSPS) is 9.33. The van der Waals surface area contributed by atoms with Gasteiger partial charge in [0.2, 0.25) is 5.48 Å². The Balaban J connectivity index is 2.72. The minimum absolute atomic E-state index is 0.451. The summed E-state index contributed by atoms with van der Waals surface area (Å²) in [5.74, 6) is 1.75. The highest BCUT2D eigenvalue weighted by atomic mass is 31.0. The van der Waals surface area contributed by atoms with Crippen LogP contribution in [0.3, 0.4) is 0 Å². The molecule has 0 spiro atoms. The van der Waals surface area contributed by atoms with Crippen molar-refractivity contribution < 1.29 is 4.84 Å². The molecule has 1 rings (SSSR count). The molecule has 0 saturated carbocycles. The zero-order valence-corrected chi connectivity index (χ0v) is 5.28. The van der Waals surface area contributed by atoms with E-state index in [1.807, 2.05) is 0 Å². The van der Waals surface area contributed by atoms with E-state index in [4.69, 9.17) is 0 Å². The van der Waals surface area contributed by atoms with Crippen molar-refractivity contribution >= 4 is 8.19 Å². The van der Waals surface area contributed by atoms with Gasteiger partial charge in [-0.15, -0.1) is 4.91 Å². The fraction of sp³-hybridized carbons (Fsp3) is 0. The van der Waals surface area contributed by atoms with E-state index in [0.29, 0.717) is 5.48 Å². The van der Waals surface area contributed by atoms with E-state index in [0.717, 1.165) is 8.19 Å². The Hall–Kier alpha value is -1.02. The van der Waals surface area contributed by atoms with Crippen LogP contribution in [0.15, 0.2) is 23.5 Å². The molecular formula is C4H3N2O2P. The Morgan fingerprint density at radius 1 is 1.78 bits per heavy atom. The van der Waals surface area contributed by atoms with Gasteiger partial charge < -0.3 is 4.84 Å². The zero-order valence-electron chi connectivity index (χ0n) is 4.39. The van der Waals surface area contributed by atoms with Gasteiger partial charge in [-0.2, -0.15) is 0 Å². The molecular weight excluding hydrogens is 139 g/mol. The highest BCUT2D eigenvalue weighted by Crippen LogP contribution is 2.20. The Kier molecular flexibility index (Phi) is 2.10. The van der Waals surface area contributed by atoms with Crippen molar-refractivity contribution in [3.05, 3.63) is 23.1 Å². The van der Waals surface area contributed by atoms with E-state index >= 15 is 0 Å². The zero-order chi connectivity index (χ0) is 6.53. The van der Waals surface area contributed by atoms with Gasteiger partial charge in [0.05, 0.1) is 6.20 Å². The van der Waals surface area contributed by atoms with Crippen LogP contribution in [0.5, 0.6) is 5.48 Å². The van der Waals surface area contributed by atoms with E-state index in [1.54, 1.807) is 12.0 Å². The quantitative estimate of drug-likeness (QED) is 0.466. The van der Waals surface area contributed by atoms with E-state index in [2.05, 4.69) is 15.2 Å². The van der Waals surface area contributed by atoms with Crippen LogP contribution in [0.4, 0.5) is 0 Å². The van der Waals surface area contributed by atoms with Gasteiger partial charge in [-0.1, -0.05) is 0 Å². The first-order valence-electron chi connectivity index (χ1n) is 2.19. The molecule has 0 amide bonds. The molecule has 5 heteroatoms. The average molecular weight is 142 g/mol. The van der Waals surface area contributed by atoms with Crippen LogP contribution in [-0.4, -0.2) is 4.98 Å². The molecule has 0 N–H and O–H groups in total. The Bertz CT molecular complexity index is 191. The van der Waals surface area contributed by atoms with E-state index in [-0.39, 0.29) is 0 Å². The van der Waals surface area contributed by atoms with Crippen molar-refractivity contribution in [3.8, 4) is 5.48 Å². The number of hydrogen-bond donors (Lipinski definition) is 0. The van der Waals surface area contributed by atoms with E-state index in [9.17, 15) is 4.91 Å². The topological polar surface area (TPSA) is 51.5 Å². The molecule has 0 aromatic carbocycles. The minimum Gasteiger partial charge on any atom is -0.317 e. The molecule has 0 aliphatic carbocycles. The Morgan fingerprint density at radius 2 is 2.67 bits per heavy atom. The van der Waals surface area contributed by atoms with Crippen molar-refractivity contribution in [1.29, 1.82) is 0 Å². The van der Waals surface area contributed by atoms with Crippen molar-refractivity contribution in [1.82, 2.24) is 4.98 Å². The first-order valence-corrected chi connectivity index (χ1v) is 3.15. The maximum atomic E-state index is 9.49. The van der Waals surface area contributed by atoms with Gasteiger partial charge in [-0.05, 0) is 14.0 Å². The molecule has 0 fully saturated rings. The second-order valence-electron chi connectivity index (χ2n) is 1.21. The fourth-order valence-corrected chi connectivity index (χ4v) is 0.875. The van der Waals surface area contributed by atoms with Gasteiger partial charge in [-0.3, -0.25) is 4.98 Å². The van der Waals surface area contributed by atoms with E-state index < -0.39 is 0 Å². The van der Waals surface area contributed by atoms with Gasteiger partial charge in [0.15, 0.2) is 5.34 Å². The second kappa shape index (κ2) is 3.10. The fourth-order valence-electron chi connectivity index (χ4n) is 0.371. The highest BCUT2D eigenvalue weighted by molar-refractivity contribution is 7.31. The van der Waals surface area contributed by atoms with Gasteiger partial charge in [0.25, 0.3) is 0 Å². The van der Waals surface area contributed by atoms with Crippen molar-refractivity contribution in [2.24, 2.45) is 5.34 Å². The van der Waals surface area contributed by atoms with Gasteiger partial charge in [-0.25, -0.2) is 0 Å². The van der Waals surface area contributed by atoms with Crippen LogP contribution >= 0.6 is 8.19 Å². The van der Waals surface area contributed by atoms with Crippen LogP contribution < -0.4 is 4.84 Å². The predicted molar refractivity (Wildman–Crippen MR) is 33.2 cm³/mol. The number of rotatable bonds is 2. The average Bonchev–Trinajstić information content (AvgIpc) is 1.91. The summed E-state index contributed by atoms with van der Waals surface area (Å²) in [6.07, 6.45) is 3.07. The van der Waals surface area contributed by atoms with Gasteiger partial charge >= 0.3 is 0 Å². The van der Waals surface area contributed by atoms with Crippen LogP contribution in [0.25, 0.3) is 0 Å². The number of aromatic nitrogens is 1. The smallest absolute Gasteiger partial charge is 0.205 e. The molecule has 0 unspecified atom stereocenters. The lowest BCUT2D eigenvalue weighted by atomic mass is 10.9. The standard InChI is InChI=1S/C4H3N2O2P/c7-6-8-4-3-5-1-2-9-4/h1-3H. The lowest BCUT2D eigenvalue weighted by Gasteiger charge is -1.87. The summed E-state index contributed by atoms with van der Waals surface area (Å²) in [7, 11) is 0.815. The Labute approximate surface area is 52.9 Å². The SMILES string of the molecule is O=NOc1cnccp1. The minimum atomic E-state index is 0.451. The van der Waals surface area contributed by atoms with Crippen LogP contribution in [0.2, 0.25) is 0 Å². The molecule has 0 radical (unpaired) electrons. The summed E-state index contributed by atoms with van der Waals surface area (Å²) >= 11 is 0. The Morgan fingerprint density at radius 3 is 3.22 bits per heavy atom. The lowest BCUT2D eigenvalue weighted by Crippen LogP contribution is -1.75. The summed E-state index contributed by atoms with van der Waals surface area (Å²) in [6.45, 7) is 0. The first kappa shape index (κ1) is 6.11. The molecule has 46 valence electrons. The number of hydrogen-bond acceptors (Lipinski definition) is 4. The molecule has 4 nitrogen and oxygen atoms in total. The lowest BCUT2D eigenvalue weighted by molar-refractivity contribution is 0.344. The van der Waals surface area contributed by atoms with Crippen LogP contribution in [0, 0.1) is 4.91 Å². The third kappa shape index (κ3) is 1.74. The van der Waals surface area contributed by atoms with Gasteiger partial charge in [0.1, 0.15) is 0 Å². The molecule has 0 aliphatic heterocycles. The monoisotopic (exact) mass is 142 g/mol. The summed E-state index contributed by atoms with van der Waals surface area (Å²) in [5, 5.41) is 2.24. The van der Waals surface area contributed by atoms with Crippen molar-refractivity contribution in [2.45, 2.75) is 0 Å². The highest BCUT2D eigenvalue weighted by Gasteiger charge is 1.88.